The van der Waals surface area contributed by atoms with Crippen LogP contribution in [0.15, 0.2) is 16.7 Å². The molecule has 1 aromatic heterocycles. The molecule has 0 spiro atoms. The summed E-state index contributed by atoms with van der Waals surface area (Å²) in [6, 6.07) is 2.83. The van der Waals surface area contributed by atoms with Crippen LogP contribution < -0.4 is 0 Å². The van der Waals surface area contributed by atoms with E-state index in [-0.39, 0.29) is 11.4 Å². The van der Waals surface area contributed by atoms with Crippen molar-refractivity contribution in [1.29, 1.82) is 0 Å². The summed E-state index contributed by atoms with van der Waals surface area (Å²) in [4.78, 5) is 3.79. The molecular formula is C8H10BrNO4. The first-order valence-corrected chi connectivity index (χ1v) is 4.68. The number of hydrogen-bond acceptors (Lipinski definition) is 5. The molecule has 2 unspecified atom stereocenters. The number of aromatic nitrogens is 1. The van der Waals surface area contributed by atoms with Crippen molar-refractivity contribution >= 4 is 15.9 Å². The van der Waals surface area contributed by atoms with E-state index in [1.165, 1.54) is 12.1 Å². The van der Waals surface area contributed by atoms with Gasteiger partial charge in [0.1, 0.15) is 28.3 Å². The van der Waals surface area contributed by atoms with Gasteiger partial charge in [0.05, 0.1) is 6.61 Å². The SMILES string of the molecule is OCC(O)C(O)c1nc(Br)ccc1O. The minimum absolute atomic E-state index is 0.0686. The molecule has 0 bridgehead atoms. The van der Waals surface area contributed by atoms with E-state index in [1.807, 2.05) is 0 Å². The number of halogens is 1. The third-order valence-electron chi connectivity index (χ3n) is 1.70. The Balaban J connectivity index is 2.99. The predicted molar refractivity (Wildman–Crippen MR) is 51.7 cm³/mol. The number of rotatable bonds is 3. The van der Waals surface area contributed by atoms with Crippen LogP contribution in [0.25, 0.3) is 0 Å². The molecule has 5 nitrogen and oxygen atoms in total. The normalized spacial score (nSPS) is 15.1. The number of hydrogen-bond donors (Lipinski definition) is 4. The Labute approximate surface area is 88.8 Å². The van der Waals surface area contributed by atoms with E-state index in [4.69, 9.17) is 10.2 Å². The fourth-order valence-corrected chi connectivity index (χ4v) is 1.27. The van der Waals surface area contributed by atoms with Crippen LogP contribution in [-0.2, 0) is 0 Å². The van der Waals surface area contributed by atoms with E-state index < -0.39 is 18.8 Å². The van der Waals surface area contributed by atoms with Gasteiger partial charge < -0.3 is 20.4 Å². The fraction of sp³-hybridized carbons (Fsp3) is 0.375. The molecule has 14 heavy (non-hydrogen) atoms. The van der Waals surface area contributed by atoms with E-state index in [0.29, 0.717) is 4.60 Å². The van der Waals surface area contributed by atoms with E-state index in [0.717, 1.165) is 0 Å². The number of aliphatic hydroxyl groups excluding tert-OH is 3. The Bertz CT molecular complexity index is 320. The van der Waals surface area contributed by atoms with Gasteiger partial charge in [-0.1, -0.05) is 0 Å². The fourth-order valence-electron chi connectivity index (χ4n) is 0.942. The van der Waals surface area contributed by atoms with Crippen LogP contribution in [0, 0.1) is 0 Å². The van der Waals surface area contributed by atoms with Gasteiger partial charge in [0, 0.05) is 0 Å². The van der Waals surface area contributed by atoms with Crippen molar-refractivity contribution in [2.75, 3.05) is 6.61 Å². The van der Waals surface area contributed by atoms with Crippen LogP contribution in [-0.4, -0.2) is 38.1 Å². The lowest BCUT2D eigenvalue weighted by atomic mass is 10.1. The van der Waals surface area contributed by atoms with Crippen molar-refractivity contribution in [1.82, 2.24) is 4.98 Å². The monoisotopic (exact) mass is 263 g/mol. The smallest absolute Gasteiger partial charge is 0.139 e. The molecule has 4 N–H and O–H groups in total. The number of nitrogens with zero attached hydrogens (tertiary/aromatic N) is 1. The van der Waals surface area contributed by atoms with Crippen LogP contribution in [0.4, 0.5) is 0 Å². The summed E-state index contributed by atoms with van der Waals surface area (Å²) in [5.41, 5.74) is -0.0686. The second-order valence-corrected chi connectivity index (χ2v) is 3.55. The van der Waals surface area contributed by atoms with Crippen LogP contribution in [0.5, 0.6) is 5.75 Å². The third-order valence-corrected chi connectivity index (χ3v) is 2.14. The van der Waals surface area contributed by atoms with Gasteiger partial charge in [0.2, 0.25) is 0 Å². The first kappa shape index (κ1) is 11.4. The molecule has 0 aliphatic rings. The average molecular weight is 264 g/mol. The molecule has 6 heteroatoms. The maximum Gasteiger partial charge on any atom is 0.139 e. The Hall–Kier alpha value is -0.690. The molecule has 0 fully saturated rings. The molecule has 0 radical (unpaired) electrons. The largest absolute Gasteiger partial charge is 0.506 e. The Morgan fingerprint density at radius 1 is 1.36 bits per heavy atom. The maximum absolute atomic E-state index is 9.44. The molecule has 0 aromatic carbocycles. The zero-order valence-corrected chi connectivity index (χ0v) is 8.72. The molecule has 0 aliphatic heterocycles. The molecule has 0 saturated heterocycles. The van der Waals surface area contributed by atoms with Crippen molar-refractivity contribution in [3.8, 4) is 5.75 Å². The van der Waals surface area contributed by atoms with Gasteiger partial charge in [-0.2, -0.15) is 0 Å². The van der Waals surface area contributed by atoms with Crippen LogP contribution >= 0.6 is 15.9 Å². The molecule has 0 saturated carbocycles. The van der Waals surface area contributed by atoms with Crippen molar-refractivity contribution in [2.45, 2.75) is 12.2 Å². The minimum Gasteiger partial charge on any atom is -0.506 e. The summed E-state index contributed by atoms with van der Waals surface area (Å²) in [5.74, 6) is -0.229. The highest BCUT2D eigenvalue weighted by Gasteiger charge is 2.22. The second-order valence-electron chi connectivity index (χ2n) is 2.73. The molecule has 0 amide bonds. The topological polar surface area (TPSA) is 93.8 Å². The molecule has 2 atom stereocenters. The summed E-state index contributed by atoms with van der Waals surface area (Å²) in [5, 5.41) is 36.5. The van der Waals surface area contributed by atoms with E-state index in [2.05, 4.69) is 20.9 Å². The summed E-state index contributed by atoms with van der Waals surface area (Å²) in [6.45, 7) is -0.602. The van der Waals surface area contributed by atoms with Gasteiger partial charge in [-0.25, -0.2) is 4.98 Å². The van der Waals surface area contributed by atoms with Crippen LogP contribution in [0.1, 0.15) is 11.8 Å². The van der Waals surface area contributed by atoms with Gasteiger partial charge in [-0.3, -0.25) is 0 Å². The molecule has 1 heterocycles. The number of aromatic hydroxyl groups is 1. The summed E-state index contributed by atoms with van der Waals surface area (Å²) in [7, 11) is 0. The van der Waals surface area contributed by atoms with Crippen molar-refractivity contribution in [3.63, 3.8) is 0 Å². The van der Waals surface area contributed by atoms with Crippen LogP contribution in [0.2, 0.25) is 0 Å². The van der Waals surface area contributed by atoms with Gasteiger partial charge in [-0.05, 0) is 28.1 Å². The van der Waals surface area contributed by atoms with E-state index >= 15 is 0 Å². The molecular weight excluding hydrogens is 254 g/mol. The van der Waals surface area contributed by atoms with Crippen LogP contribution in [0.3, 0.4) is 0 Å². The average Bonchev–Trinajstić information content (AvgIpc) is 2.19. The van der Waals surface area contributed by atoms with Gasteiger partial charge in [-0.15, -0.1) is 0 Å². The quantitative estimate of drug-likeness (QED) is 0.574. The molecule has 78 valence electrons. The number of pyridine rings is 1. The van der Waals surface area contributed by atoms with Gasteiger partial charge in [0.25, 0.3) is 0 Å². The molecule has 1 aromatic rings. The van der Waals surface area contributed by atoms with Gasteiger partial charge in [0.15, 0.2) is 0 Å². The lowest BCUT2D eigenvalue weighted by Crippen LogP contribution is -2.23. The Morgan fingerprint density at radius 3 is 2.57 bits per heavy atom. The second kappa shape index (κ2) is 4.70. The standard InChI is InChI=1S/C8H10BrNO4/c9-6-2-1-4(12)7(10-6)8(14)5(13)3-11/h1-2,5,8,11-14H,3H2. The lowest BCUT2D eigenvalue weighted by molar-refractivity contribution is -0.0183. The first-order chi connectivity index (χ1) is 6.56. The number of aliphatic hydroxyl groups is 3. The highest BCUT2D eigenvalue weighted by molar-refractivity contribution is 9.10. The molecule has 1 rings (SSSR count). The minimum atomic E-state index is -1.41. The van der Waals surface area contributed by atoms with Crippen molar-refractivity contribution in [3.05, 3.63) is 22.4 Å². The van der Waals surface area contributed by atoms with Crippen molar-refractivity contribution in [2.24, 2.45) is 0 Å². The maximum atomic E-state index is 9.44. The Kier molecular flexibility index (Phi) is 3.82. The summed E-state index contributed by atoms with van der Waals surface area (Å²) in [6.07, 6.45) is -2.76. The Morgan fingerprint density at radius 2 is 2.00 bits per heavy atom. The zero-order valence-electron chi connectivity index (χ0n) is 7.13. The van der Waals surface area contributed by atoms with Gasteiger partial charge >= 0.3 is 0 Å². The van der Waals surface area contributed by atoms with E-state index in [1.54, 1.807) is 0 Å². The highest BCUT2D eigenvalue weighted by Crippen LogP contribution is 2.25. The highest BCUT2D eigenvalue weighted by atomic mass is 79.9. The van der Waals surface area contributed by atoms with E-state index in [9.17, 15) is 10.2 Å². The zero-order chi connectivity index (χ0) is 10.7. The molecule has 0 aliphatic carbocycles. The predicted octanol–water partition coefficient (Wildman–Crippen LogP) is -0.0637. The lowest BCUT2D eigenvalue weighted by Gasteiger charge is -2.15. The summed E-state index contributed by atoms with van der Waals surface area (Å²) >= 11 is 3.06. The summed E-state index contributed by atoms with van der Waals surface area (Å²) < 4.78 is 0.425. The third kappa shape index (κ3) is 2.42. The van der Waals surface area contributed by atoms with Crippen molar-refractivity contribution < 1.29 is 20.4 Å². The first-order valence-electron chi connectivity index (χ1n) is 3.88.